The fourth-order valence-electron chi connectivity index (χ4n) is 1.39. The zero-order valence-electron chi connectivity index (χ0n) is 10.2. The number of benzene rings is 1. The first-order chi connectivity index (χ1) is 8.13. The number of nitrogens with zero attached hydrogens (tertiary/aromatic N) is 1. The van der Waals surface area contributed by atoms with Crippen LogP contribution in [0.4, 0.5) is 0 Å². The minimum absolute atomic E-state index is 0.0185. The molecule has 3 nitrogen and oxygen atoms in total. The molecule has 1 aromatic carbocycles. The summed E-state index contributed by atoms with van der Waals surface area (Å²) < 4.78 is 5.17. The van der Waals surface area contributed by atoms with Crippen LogP contribution in [0.5, 0.6) is 5.75 Å². The first-order valence-corrected chi connectivity index (χ1v) is 6.00. The molecule has 1 N–H and O–H groups in total. The van der Waals surface area contributed by atoms with Crippen LogP contribution in [0.1, 0.15) is 19.4 Å². The largest absolute Gasteiger partial charge is 0.477 e. The maximum absolute atomic E-state index is 8.41. The van der Waals surface area contributed by atoms with E-state index in [0.29, 0.717) is 16.7 Å². The molecule has 0 fully saturated rings. The highest BCUT2D eigenvalue weighted by Crippen LogP contribution is 2.25. The number of halogens is 1. The molecular formula is C13H17ClN2O. The van der Waals surface area contributed by atoms with Gasteiger partial charge in [-0.1, -0.05) is 31.5 Å². The molecule has 92 valence electrons. The van der Waals surface area contributed by atoms with Crippen LogP contribution < -0.4 is 10.1 Å². The second-order valence-corrected chi connectivity index (χ2v) is 4.64. The summed E-state index contributed by atoms with van der Waals surface area (Å²) >= 11 is 6.04. The van der Waals surface area contributed by atoms with E-state index in [1.54, 1.807) is 6.07 Å². The Bertz CT molecular complexity index is 399. The topological polar surface area (TPSA) is 45.0 Å². The maximum Gasteiger partial charge on any atom is 0.174 e. The average Bonchev–Trinajstić information content (AvgIpc) is 2.27. The standard InChI is InChI=1S/C13H17ClN2O/c1-10(2)8-16-9-11-3-4-13(12(14)7-11)17-6-5-15/h3-4,7,10,16H,6,8-9H2,1-2H3. The first kappa shape index (κ1) is 13.8. The summed E-state index contributed by atoms with van der Waals surface area (Å²) in [5.74, 6) is 1.18. The molecule has 1 aromatic rings. The number of nitriles is 1. The van der Waals surface area contributed by atoms with E-state index < -0.39 is 0 Å². The summed E-state index contributed by atoms with van der Waals surface area (Å²) in [6, 6.07) is 7.52. The minimum Gasteiger partial charge on any atom is -0.477 e. The molecule has 0 aromatic heterocycles. The van der Waals surface area contributed by atoms with Crippen LogP contribution in [-0.2, 0) is 6.54 Å². The zero-order chi connectivity index (χ0) is 12.7. The van der Waals surface area contributed by atoms with Crippen molar-refractivity contribution in [3.8, 4) is 11.8 Å². The third kappa shape index (κ3) is 5.08. The highest BCUT2D eigenvalue weighted by atomic mass is 35.5. The third-order valence-electron chi connectivity index (χ3n) is 2.17. The quantitative estimate of drug-likeness (QED) is 0.847. The number of nitrogens with one attached hydrogen (secondary N) is 1. The van der Waals surface area contributed by atoms with Crippen molar-refractivity contribution in [2.75, 3.05) is 13.2 Å². The lowest BCUT2D eigenvalue weighted by Gasteiger charge is -2.09. The zero-order valence-corrected chi connectivity index (χ0v) is 10.9. The molecule has 0 aliphatic rings. The van der Waals surface area contributed by atoms with Crippen molar-refractivity contribution in [1.29, 1.82) is 5.26 Å². The smallest absolute Gasteiger partial charge is 0.174 e. The number of hydrogen-bond acceptors (Lipinski definition) is 3. The molecule has 0 bridgehead atoms. The number of ether oxygens (including phenoxy) is 1. The van der Waals surface area contributed by atoms with Gasteiger partial charge in [0.25, 0.3) is 0 Å². The van der Waals surface area contributed by atoms with Crippen molar-refractivity contribution in [3.05, 3.63) is 28.8 Å². The average molecular weight is 253 g/mol. The summed E-state index contributed by atoms with van der Waals surface area (Å²) in [5.41, 5.74) is 1.11. The minimum atomic E-state index is 0.0185. The fourth-order valence-corrected chi connectivity index (χ4v) is 1.64. The van der Waals surface area contributed by atoms with Crippen LogP contribution in [-0.4, -0.2) is 13.2 Å². The Morgan fingerprint density at radius 2 is 2.24 bits per heavy atom. The van der Waals surface area contributed by atoms with Crippen molar-refractivity contribution >= 4 is 11.6 Å². The highest BCUT2D eigenvalue weighted by Gasteiger charge is 2.03. The van der Waals surface area contributed by atoms with Gasteiger partial charge >= 0.3 is 0 Å². The Hall–Kier alpha value is -1.24. The fraction of sp³-hybridized carbons (Fsp3) is 0.462. The molecule has 0 aliphatic carbocycles. The van der Waals surface area contributed by atoms with Crippen LogP contribution in [0.2, 0.25) is 5.02 Å². The third-order valence-corrected chi connectivity index (χ3v) is 2.47. The lowest BCUT2D eigenvalue weighted by molar-refractivity contribution is 0.368. The van der Waals surface area contributed by atoms with Gasteiger partial charge in [0.15, 0.2) is 6.61 Å². The Kier molecular flexibility index (Phi) is 5.82. The van der Waals surface area contributed by atoms with E-state index in [2.05, 4.69) is 19.2 Å². The normalized spacial score (nSPS) is 10.3. The molecule has 0 radical (unpaired) electrons. The molecule has 0 atom stereocenters. The van der Waals surface area contributed by atoms with Crippen LogP contribution in [0.25, 0.3) is 0 Å². The number of hydrogen-bond donors (Lipinski definition) is 1. The van der Waals surface area contributed by atoms with E-state index in [-0.39, 0.29) is 6.61 Å². The Morgan fingerprint density at radius 3 is 2.82 bits per heavy atom. The van der Waals surface area contributed by atoms with Gasteiger partial charge in [-0.15, -0.1) is 0 Å². The van der Waals surface area contributed by atoms with Crippen LogP contribution in [0.3, 0.4) is 0 Å². The molecule has 0 spiro atoms. The van der Waals surface area contributed by atoms with Gasteiger partial charge < -0.3 is 10.1 Å². The predicted octanol–water partition coefficient (Wildman–Crippen LogP) is 2.99. The van der Waals surface area contributed by atoms with Gasteiger partial charge in [-0.25, -0.2) is 0 Å². The molecule has 0 amide bonds. The van der Waals surface area contributed by atoms with Crippen molar-refractivity contribution in [2.24, 2.45) is 5.92 Å². The predicted molar refractivity (Wildman–Crippen MR) is 69.1 cm³/mol. The Balaban J connectivity index is 2.53. The molecule has 4 heteroatoms. The summed E-state index contributed by atoms with van der Waals surface area (Å²) in [7, 11) is 0. The molecule has 0 saturated heterocycles. The lowest BCUT2D eigenvalue weighted by atomic mass is 10.2. The summed E-state index contributed by atoms with van der Waals surface area (Å²) in [5, 5.41) is 12.3. The van der Waals surface area contributed by atoms with Crippen LogP contribution >= 0.6 is 11.6 Å². The van der Waals surface area contributed by atoms with Gasteiger partial charge in [-0.3, -0.25) is 0 Å². The summed E-state index contributed by atoms with van der Waals surface area (Å²) in [6.07, 6.45) is 0. The molecular weight excluding hydrogens is 236 g/mol. The lowest BCUT2D eigenvalue weighted by Crippen LogP contribution is -2.18. The van der Waals surface area contributed by atoms with Gasteiger partial charge in [-0.05, 0) is 30.2 Å². The van der Waals surface area contributed by atoms with Crippen molar-refractivity contribution < 1.29 is 4.74 Å². The molecule has 17 heavy (non-hydrogen) atoms. The molecule has 0 heterocycles. The van der Waals surface area contributed by atoms with Crippen molar-refractivity contribution in [1.82, 2.24) is 5.32 Å². The van der Waals surface area contributed by atoms with Crippen LogP contribution in [0.15, 0.2) is 18.2 Å². The molecule has 1 rings (SSSR count). The van der Waals surface area contributed by atoms with Crippen molar-refractivity contribution in [3.63, 3.8) is 0 Å². The van der Waals surface area contributed by atoms with E-state index in [1.165, 1.54) is 0 Å². The van der Waals surface area contributed by atoms with E-state index in [0.717, 1.165) is 18.7 Å². The highest BCUT2D eigenvalue weighted by molar-refractivity contribution is 6.32. The monoisotopic (exact) mass is 252 g/mol. The van der Waals surface area contributed by atoms with Gasteiger partial charge in [0.1, 0.15) is 11.8 Å². The maximum atomic E-state index is 8.41. The van der Waals surface area contributed by atoms with E-state index in [9.17, 15) is 0 Å². The van der Waals surface area contributed by atoms with Gasteiger partial charge in [-0.2, -0.15) is 5.26 Å². The van der Waals surface area contributed by atoms with E-state index in [4.69, 9.17) is 21.6 Å². The van der Waals surface area contributed by atoms with Gasteiger partial charge in [0.05, 0.1) is 5.02 Å². The Labute approximate surface area is 107 Å². The van der Waals surface area contributed by atoms with Crippen LogP contribution in [0, 0.1) is 17.2 Å². The second-order valence-electron chi connectivity index (χ2n) is 4.24. The molecule has 0 unspecified atom stereocenters. The second kappa shape index (κ2) is 7.16. The summed E-state index contributed by atoms with van der Waals surface area (Å²) in [4.78, 5) is 0. The Morgan fingerprint density at radius 1 is 1.47 bits per heavy atom. The van der Waals surface area contributed by atoms with Gasteiger partial charge in [0.2, 0.25) is 0 Å². The molecule has 0 aliphatic heterocycles. The SMILES string of the molecule is CC(C)CNCc1ccc(OCC#N)c(Cl)c1. The molecule has 0 saturated carbocycles. The van der Waals surface area contributed by atoms with E-state index in [1.807, 2.05) is 18.2 Å². The first-order valence-electron chi connectivity index (χ1n) is 5.62. The van der Waals surface area contributed by atoms with Crippen molar-refractivity contribution in [2.45, 2.75) is 20.4 Å². The van der Waals surface area contributed by atoms with Gasteiger partial charge in [0, 0.05) is 6.54 Å². The number of rotatable bonds is 6. The summed E-state index contributed by atoms with van der Waals surface area (Å²) in [6.45, 7) is 6.11. The van der Waals surface area contributed by atoms with E-state index >= 15 is 0 Å².